The zero-order chi connectivity index (χ0) is 20.1. The molecule has 3 atom stereocenters. The minimum atomic E-state index is -4.86. The molecule has 1 fully saturated rings. The number of aryl methyl sites for hydroxylation is 1. The Morgan fingerprint density at radius 3 is 2.64 bits per heavy atom. The quantitative estimate of drug-likeness (QED) is 0.754. The van der Waals surface area contributed by atoms with Gasteiger partial charge in [-0.05, 0) is 60.7 Å². The summed E-state index contributed by atoms with van der Waals surface area (Å²) < 4.78 is 61.2. The largest absolute Gasteiger partial charge is 0.573 e. The van der Waals surface area contributed by atoms with E-state index in [1.165, 1.54) is 0 Å². The topological polar surface area (TPSA) is 55.8 Å². The Labute approximate surface area is 157 Å². The van der Waals surface area contributed by atoms with Crippen molar-refractivity contribution in [2.24, 2.45) is 11.8 Å². The first-order chi connectivity index (χ1) is 13.2. The summed E-state index contributed by atoms with van der Waals surface area (Å²) in [6.07, 6.45) is -3.16. The van der Waals surface area contributed by atoms with Gasteiger partial charge in [-0.25, -0.2) is 4.39 Å². The Bertz CT molecular complexity index is 925. The summed E-state index contributed by atoms with van der Waals surface area (Å²) >= 11 is 0. The molecule has 1 saturated carbocycles. The van der Waals surface area contributed by atoms with E-state index in [1.54, 1.807) is 18.2 Å². The molecule has 1 aliphatic heterocycles. The minimum absolute atomic E-state index is 0.000178. The molecule has 0 radical (unpaired) electrons. The SMILES string of the molecule is O=C(O)[C@H]1C[C@@H]1[C@H]1CCc2cc(-c3cc(OC(F)(F)F)ccc3F)ccc2O1. The van der Waals surface area contributed by atoms with Gasteiger partial charge in [-0.15, -0.1) is 13.2 Å². The Morgan fingerprint density at radius 1 is 1.18 bits per heavy atom. The second-order valence-corrected chi connectivity index (χ2v) is 7.05. The standard InChI is InChI=1S/C20H16F4O4/c21-16-4-3-12(28-20(22,23)24)8-13(16)10-1-5-17-11(7-10)2-6-18(27-17)14-9-15(14)19(25)26/h1,3-5,7-8,14-15,18H,2,6,9H2,(H,25,26)/t14-,15-,18+/m0/s1. The molecule has 0 unspecified atom stereocenters. The lowest BCUT2D eigenvalue weighted by molar-refractivity contribution is -0.274. The molecule has 0 bridgehead atoms. The fourth-order valence-corrected chi connectivity index (χ4v) is 3.71. The predicted molar refractivity (Wildman–Crippen MR) is 90.5 cm³/mol. The average Bonchev–Trinajstić information content (AvgIpc) is 3.42. The number of aliphatic carboxylic acids is 1. The molecule has 28 heavy (non-hydrogen) atoms. The lowest BCUT2D eigenvalue weighted by atomic mass is 9.95. The highest BCUT2D eigenvalue weighted by atomic mass is 19.4. The molecule has 0 spiro atoms. The third-order valence-corrected chi connectivity index (χ3v) is 5.15. The van der Waals surface area contributed by atoms with Crippen LogP contribution in [0.3, 0.4) is 0 Å². The van der Waals surface area contributed by atoms with Gasteiger partial charge in [0.05, 0.1) is 5.92 Å². The Kier molecular flexibility index (Phi) is 4.44. The maximum absolute atomic E-state index is 14.2. The van der Waals surface area contributed by atoms with Crippen LogP contribution in [-0.4, -0.2) is 23.5 Å². The summed E-state index contributed by atoms with van der Waals surface area (Å²) in [5.41, 5.74) is 1.23. The Hall–Kier alpha value is -2.77. The summed E-state index contributed by atoms with van der Waals surface area (Å²) in [5, 5.41) is 9.06. The van der Waals surface area contributed by atoms with E-state index >= 15 is 0 Å². The van der Waals surface area contributed by atoms with Crippen LogP contribution < -0.4 is 9.47 Å². The molecule has 2 aromatic carbocycles. The first-order valence-corrected chi connectivity index (χ1v) is 8.79. The van der Waals surface area contributed by atoms with Gasteiger partial charge in [0.1, 0.15) is 23.4 Å². The van der Waals surface area contributed by atoms with Crippen molar-refractivity contribution in [1.82, 2.24) is 0 Å². The second-order valence-electron chi connectivity index (χ2n) is 7.05. The second kappa shape index (κ2) is 6.68. The number of carboxylic acid groups (broad SMARTS) is 1. The summed E-state index contributed by atoms with van der Waals surface area (Å²) in [5.74, 6) is -1.74. The maximum Gasteiger partial charge on any atom is 0.573 e. The number of alkyl halides is 3. The van der Waals surface area contributed by atoms with E-state index in [9.17, 15) is 22.4 Å². The van der Waals surface area contributed by atoms with E-state index < -0.39 is 23.9 Å². The molecule has 1 aliphatic carbocycles. The van der Waals surface area contributed by atoms with Crippen molar-refractivity contribution in [2.75, 3.05) is 0 Å². The van der Waals surface area contributed by atoms with Crippen LogP contribution in [0.4, 0.5) is 17.6 Å². The van der Waals surface area contributed by atoms with Crippen molar-refractivity contribution in [2.45, 2.75) is 31.7 Å². The Balaban J connectivity index is 1.56. The summed E-state index contributed by atoms with van der Waals surface area (Å²) in [6.45, 7) is 0. The van der Waals surface area contributed by atoms with Crippen LogP contribution in [0.2, 0.25) is 0 Å². The molecule has 1 N–H and O–H groups in total. The molecule has 1 heterocycles. The molecular formula is C20H16F4O4. The van der Waals surface area contributed by atoms with Crippen molar-refractivity contribution >= 4 is 5.97 Å². The molecular weight excluding hydrogens is 380 g/mol. The van der Waals surface area contributed by atoms with Gasteiger partial charge < -0.3 is 14.6 Å². The van der Waals surface area contributed by atoms with Crippen LogP contribution in [0.1, 0.15) is 18.4 Å². The van der Waals surface area contributed by atoms with Crippen LogP contribution >= 0.6 is 0 Å². The smallest absolute Gasteiger partial charge is 0.490 e. The molecule has 0 saturated heterocycles. The van der Waals surface area contributed by atoms with Crippen molar-refractivity contribution in [1.29, 1.82) is 0 Å². The first-order valence-electron chi connectivity index (χ1n) is 8.79. The molecule has 0 aromatic heterocycles. The zero-order valence-electron chi connectivity index (χ0n) is 14.5. The number of benzene rings is 2. The normalized spacial score (nSPS) is 23.5. The van der Waals surface area contributed by atoms with Crippen LogP contribution in [0.5, 0.6) is 11.5 Å². The number of ether oxygens (including phenoxy) is 2. The van der Waals surface area contributed by atoms with Crippen LogP contribution in [-0.2, 0) is 11.2 Å². The van der Waals surface area contributed by atoms with Crippen LogP contribution in [0.25, 0.3) is 11.1 Å². The van der Waals surface area contributed by atoms with Crippen molar-refractivity contribution in [3.63, 3.8) is 0 Å². The number of halogens is 4. The molecule has 0 amide bonds. The first kappa shape index (κ1) is 18.6. The highest BCUT2D eigenvalue weighted by Gasteiger charge is 2.49. The number of hydrogen-bond acceptors (Lipinski definition) is 3. The van der Waals surface area contributed by atoms with Crippen molar-refractivity contribution < 1.29 is 36.9 Å². The van der Waals surface area contributed by atoms with Crippen LogP contribution in [0, 0.1) is 17.7 Å². The number of carbonyl (C=O) groups is 1. The Morgan fingerprint density at radius 2 is 1.96 bits per heavy atom. The third kappa shape index (κ3) is 3.76. The van der Waals surface area contributed by atoms with Gasteiger partial charge in [-0.2, -0.15) is 0 Å². The van der Waals surface area contributed by atoms with E-state index in [4.69, 9.17) is 9.84 Å². The summed E-state index contributed by atoms with van der Waals surface area (Å²) in [7, 11) is 0. The monoisotopic (exact) mass is 396 g/mol. The van der Waals surface area contributed by atoms with E-state index in [0.717, 1.165) is 23.8 Å². The van der Waals surface area contributed by atoms with E-state index in [1.807, 2.05) is 0 Å². The summed E-state index contributed by atoms with van der Waals surface area (Å²) in [6, 6.07) is 7.76. The molecule has 2 aliphatic rings. The molecule has 148 valence electrons. The van der Waals surface area contributed by atoms with E-state index in [-0.39, 0.29) is 23.5 Å². The fourth-order valence-electron chi connectivity index (χ4n) is 3.71. The minimum Gasteiger partial charge on any atom is -0.490 e. The van der Waals surface area contributed by atoms with E-state index in [2.05, 4.69) is 4.74 Å². The number of carboxylic acids is 1. The third-order valence-electron chi connectivity index (χ3n) is 5.15. The van der Waals surface area contributed by atoms with Crippen molar-refractivity contribution in [3.05, 3.63) is 47.8 Å². The zero-order valence-corrected chi connectivity index (χ0v) is 14.5. The predicted octanol–water partition coefficient (Wildman–Crippen LogP) is 4.81. The number of rotatable bonds is 4. The van der Waals surface area contributed by atoms with Gasteiger partial charge in [0.2, 0.25) is 0 Å². The maximum atomic E-state index is 14.2. The molecule has 8 heteroatoms. The molecule has 4 rings (SSSR count). The molecule has 4 nitrogen and oxygen atoms in total. The molecule has 2 aromatic rings. The highest BCUT2D eigenvalue weighted by molar-refractivity contribution is 5.73. The fraction of sp³-hybridized carbons (Fsp3) is 0.350. The van der Waals surface area contributed by atoms with Gasteiger partial charge in [-0.3, -0.25) is 4.79 Å². The average molecular weight is 396 g/mol. The van der Waals surface area contributed by atoms with Crippen LogP contribution in [0.15, 0.2) is 36.4 Å². The van der Waals surface area contributed by atoms with Crippen molar-refractivity contribution in [3.8, 4) is 22.6 Å². The lowest BCUT2D eigenvalue weighted by Crippen LogP contribution is -2.26. The van der Waals surface area contributed by atoms with Gasteiger partial charge >= 0.3 is 12.3 Å². The van der Waals surface area contributed by atoms with Gasteiger partial charge in [0.15, 0.2) is 0 Å². The number of hydrogen-bond donors (Lipinski definition) is 1. The number of fused-ring (bicyclic) bond motifs is 1. The lowest BCUT2D eigenvalue weighted by Gasteiger charge is -2.27. The van der Waals surface area contributed by atoms with E-state index in [0.29, 0.717) is 30.6 Å². The van der Waals surface area contributed by atoms with Gasteiger partial charge in [0.25, 0.3) is 0 Å². The summed E-state index contributed by atoms with van der Waals surface area (Å²) in [4.78, 5) is 11.0. The highest BCUT2D eigenvalue weighted by Crippen LogP contribution is 2.46. The van der Waals surface area contributed by atoms with Gasteiger partial charge in [0, 0.05) is 11.5 Å². The van der Waals surface area contributed by atoms with Gasteiger partial charge in [-0.1, -0.05) is 6.07 Å².